The van der Waals surface area contributed by atoms with Gasteiger partial charge < -0.3 is 4.74 Å². The van der Waals surface area contributed by atoms with Crippen molar-refractivity contribution in [3.8, 4) is 18.1 Å². The zero-order chi connectivity index (χ0) is 26.8. The topological polar surface area (TPSA) is 68.6 Å². The van der Waals surface area contributed by atoms with Crippen LogP contribution in [-0.4, -0.2) is 23.0 Å². The Bertz CT molecular complexity index is 1640. The highest BCUT2D eigenvalue weighted by Gasteiger charge is 2.53. The van der Waals surface area contributed by atoms with Gasteiger partial charge in [-0.15, -0.1) is 18.2 Å². The lowest BCUT2D eigenvalue weighted by molar-refractivity contribution is -0.132. The number of rotatable bonds is 2. The van der Waals surface area contributed by atoms with E-state index in [1.54, 1.807) is 0 Å². The highest BCUT2D eigenvalue weighted by molar-refractivity contribution is 7.98. The molecule has 0 bridgehead atoms. The second-order valence-electron chi connectivity index (χ2n) is 9.84. The molecular formula is C29H22F2N2O4S. The lowest BCUT2D eigenvalue weighted by Gasteiger charge is -2.51. The van der Waals surface area contributed by atoms with E-state index in [0.29, 0.717) is 18.4 Å². The summed E-state index contributed by atoms with van der Waals surface area (Å²) in [5.41, 5.74) is 0.180. The van der Waals surface area contributed by atoms with Crippen molar-refractivity contribution in [2.24, 2.45) is 5.41 Å². The first-order chi connectivity index (χ1) is 18.3. The highest BCUT2D eigenvalue weighted by atomic mass is 32.2. The van der Waals surface area contributed by atoms with Gasteiger partial charge in [-0.1, -0.05) is 30.5 Å². The van der Waals surface area contributed by atoms with Crippen LogP contribution < -0.4 is 15.2 Å². The molecule has 6 nitrogen and oxygen atoms in total. The molecule has 3 aliphatic rings. The maximum Gasteiger partial charge on any atom is 0.308 e. The number of carbonyl (C=O) groups is 2. The van der Waals surface area contributed by atoms with Crippen LogP contribution in [0, 0.1) is 29.4 Å². The number of hydrogen-bond acceptors (Lipinski definition) is 6. The number of ketones is 1. The normalized spacial score (nSPS) is 18.9. The molecule has 0 unspecified atom stereocenters. The minimum Gasteiger partial charge on any atom is -0.420 e. The lowest BCUT2D eigenvalue weighted by atomic mass is 9.64. The minimum absolute atomic E-state index is 0.0283. The number of halogens is 2. The molecule has 1 aliphatic carbocycles. The second-order valence-corrected chi connectivity index (χ2v) is 10.9. The molecule has 0 saturated heterocycles. The molecule has 0 N–H and O–H groups in total. The number of thioether (sulfide) groups is 1. The number of pyridine rings is 1. The van der Waals surface area contributed by atoms with Crippen LogP contribution in [0.25, 0.3) is 0 Å². The molecule has 2 aromatic carbocycles. The summed E-state index contributed by atoms with van der Waals surface area (Å²) < 4.78 is 36.8. The Morgan fingerprint density at radius 1 is 1.21 bits per heavy atom. The van der Waals surface area contributed by atoms with Crippen molar-refractivity contribution in [2.45, 2.75) is 42.9 Å². The van der Waals surface area contributed by atoms with Gasteiger partial charge >= 0.3 is 5.97 Å². The van der Waals surface area contributed by atoms with Crippen molar-refractivity contribution in [3.63, 3.8) is 0 Å². The SMILES string of the molecule is C#Cc1cc(F)c(F)c2c1[C@H](N1CC3(CCC3)C(=O)c3c(OC(C)=O)c(=O)ccn31)c1ccccc1SC2. The zero-order valence-corrected chi connectivity index (χ0v) is 21.2. The van der Waals surface area contributed by atoms with Gasteiger partial charge in [0.2, 0.25) is 11.2 Å². The number of hydrogen-bond donors (Lipinski definition) is 0. The molecule has 1 fully saturated rings. The minimum atomic E-state index is -1.02. The Balaban J connectivity index is 1.69. The molecular weight excluding hydrogens is 510 g/mol. The predicted molar refractivity (Wildman–Crippen MR) is 138 cm³/mol. The maximum absolute atomic E-state index is 15.4. The number of ether oxygens (including phenoxy) is 1. The van der Waals surface area contributed by atoms with Gasteiger partial charge in [0.15, 0.2) is 23.1 Å². The third-order valence-electron chi connectivity index (χ3n) is 7.70. The number of esters is 1. The number of terminal acetylenes is 1. The quantitative estimate of drug-likeness (QED) is 0.351. The first kappa shape index (κ1) is 24.4. The van der Waals surface area contributed by atoms with E-state index >= 15 is 4.39 Å². The summed E-state index contributed by atoms with van der Waals surface area (Å²) >= 11 is 1.38. The van der Waals surface area contributed by atoms with Crippen molar-refractivity contribution in [3.05, 3.63) is 92.4 Å². The summed E-state index contributed by atoms with van der Waals surface area (Å²) in [5.74, 6) is -0.609. The van der Waals surface area contributed by atoms with E-state index in [4.69, 9.17) is 11.2 Å². The van der Waals surface area contributed by atoms with Crippen LogP contribution in [-0.2, 0) is 10.5 Å². The average molecular weight is 533 g/mol. The number of nitrogens with zero attached hydrogens (tertiary/aromatic N) is 2. The number of Topliss-reactive ketones (excluding diaryl/α,β-unsaturated/α-hetero) is 1. The van der Waals surface area contributed by atoms with Crippen molar-refractivity contribution in [1.29, 1.82) is 0 Å². The van der Waals surface area contributed by atoms with Gasteiger partial charge in [-0.25, -0.2) is 8.78 Å². The standard InChI is InChI=1S/C29H22F2N2O4S/c1-3-17-13-20(30)24(31)19-14-38-22-8-5-4-7-18(22)25(23(17)19)33-15-29(10-6-11-29)28(36)26-27(37-16(2)34)21(35)9-12-32(26)33/h1,4-5,7-9,12-13,25H,6,10-11,14-15H2,2H3/t25-/m1/s1. The maximum atomic E-state index is 15.4. The van der Waals surface area contributed by atoms with Crippen LogP contribution in [0.2, 0.25) is 0 Å². The number of carbonyl (C=O) groups excluding carboxylic acids is 2. The van der Waals surface area contributed by atoms with E-state index in [-0.39, 0.29) is 40.7 Å². The smallest absolute Gasteiger partial charge is 0.308 e. The Kier molecular flexibility index (Phi) is 5.69. The van der Waals surface area contributed by atoms with E-state index in [0.717, 1.165) is 22.9 Å². The van der Waals surface area contributed by atoms with Crippen LogP contribution >= 0.6 is 11.8 Å². The first-order valence-corrected chi connectivity index (χ1v) is 13.2. The molecule has 192 valence electrons. The molecule has 1 aromatic heterocycles. The van der Waals surface area contributed by atoms with Crippen LogP contribution in [0.1, 0.15) is 65.0 Å². The van der Waals surface area contributed by atoms with Crippen molar-refractivity contribution < 1.29 is 23.1 Å². The van der Waals surface area contributed by atoms with Gasteiger partial charge in [0, 0.05) is 53.1 Å². The monoisotopic (exact) mass is 532 g/mol. The molecule has 3 aromatic rings. The fraction of sp³-hybridized carbons (Fsp3) is 0.276. The summed E-state index contributed by atoms with van der Waals surface area (Å²) in [6, 6.07) is 9.09. The van der Waals surface area contributed by atoms with Crippen molar-refractivity contribution >= 4 is 23.5 Å². The summed E-state index contributed by atoms with van der Waals surface area (Å²) in [5, 5.41) is 1.88. The third kappa shape index (κ3) is 3.51. The van der Waals surface area contributed by atoms with E-state index in [1.807, 2.05) is 29.3 Å². The molecule has 1 saturated carbocycles. The molecule has 38 heavy (non-hydrogen) atoms. The summed E-state index contributed by atoms with van der Waals surface area (Å²) in [6.45, 7) is 1.42. The fourth-order valence-electron chi connectivity index (χ4n) is 5.81. The van der Waals surface area contributed by atoms with Crippen molar-refractivity contribution in [1.82, 2.24) is 4.68 Å². The molecule has 1 atom stereocenters. The Hall–Kier alpha value is -3.90. The summed E-state index contributed by atoms with van der Waals surface area (Å²) in [7, 11) is 0. The van der Waals surface area contributed by atoms with Crippen LogP contribution in [0.5, 0.6) is 5.75 Å². The van der Waals surface area contributed by atoms with Crippen LogP contribution in [0.15, 0.2) is 52.3 Å². The molecule has 3 heterocycles. The van der Waals surface area contributed by atoms with E-state index in [1.165, 1.54) is 35.6 Å². The summed E-state index contributed by atoms with van der Waals surface area (Å²) in [6.07, 6.45) is 9.29. The van der Waals surface area contributed by atoms with Crippen LogP contribution in [0.4, 0.5) is 8.78 Å². The van der Waals surface area contributed by atoms with Gasteiger partial charge in [0.25, 0.3) is 0 Å². The molecule has 6 rings (SSSR count). The second kappa shape index (κ2) is 8.84. The van der Waals surface area contributed by atoms with Crippen molar-refractivity contribution in [2.75, 3.05) is 11.6 Å². The molecule has 0 radical (unpaired) electrons. The molecule has 9 heteroatoms. The van der Waals surface area contributed by atoms with Gasteiger partial charge in [0.05, 0.1) is 11.5 Å². The molecule has 0 amide bonds. The van der Waals surface area contributed by atoms with Gasteiger partial charge in [-0.05, 0) is 30.5 Å². The molecule has 1 spiro atoms. The van der Waals surface area contributed by atoms with Crippen LogP contribution in [0.3, 0.4) is 0 Å². The summed E-state index contributed by atoms with van der Waals surface area (Å²) in [4.78, 5) is 39.5. The van der Waals surface area contributed by atoms with Gasteiger partial charge in [-0.3, -0.25) is 24.1 Å². The molecule has 2 aliphatic heterocycles. The average Bonchev–Trinajstić information content (AvgIpc) is 3.04. The Morgan fingerprint density at radius 2 is 1.97 bits per heavy atom. The number of fused-ring (bicyclic) bond motifs is 3. The number of benzene rings is 2. The van der Waals surface area contributed by atoms with E-state index in [2.05, 4.69) is 5.92 Å². The zero-order valence-electron chi connectivity index (χ0n) is 20.4. The number of aromatic nitrogens is 1. The highest BCUT2D eigenvalue weighted by Crippen LogP contribution is 2.51. The van der Waals surface area contributed by atoms with E-state index < -0.39 is 34.5 Å². The van der Waals surface area contributed by atoms with E-state index in [9.17, 15) is 18.8 Å². The van der Waals surface area contributed by atoms with Gasteiger partial charge in [0.1, 0.15) is 0 Å². The van der Waals surface area contributed by atoms with Gasteiger partial charge in [-0.2, -0.15) is 0 Å². The lowest BCUT2D eigenvalue weighted by Crippen LogP contribution is -2.59. The largest absolute Gasteiger partial charge is 0.420 e. The fourth-order valence-corrected chi connectivity index (χ4v) is 6.91. The third-order valence-corrected chi connectivity index (χ3v) is 8.82. The Labute approximate surface area is 221 Å². The predicted octanol–water partition coefficient (Wildman–Crippen LogP) is 4.73. The first-order valence-electron chi connectivity index (χ1n) is 12.2. The Morgan fingerprint density at radius 3 is 2.66 bits per heavy atom.